The molecular weight excluding hydrogens is 576 g/mol. The summed E-state index contributed by atoms with van der Waals surface area (Å²) in [5.74, 6) is 1.63. The van der Waals surface area contributed by atoms with Gasteiger partial charge in [0.1, 0.15) is 17.8 Å². The normalized spacial score (nSPS) is 10.5. The molecule has 9 heteroatoms. The Balaban J connectivity index is 0.000000334. The second-order valence-electron chi connectivity index (χ2n) is 11.6. The van der Waals surface area contributed by atoms with Gasteiger partial charge in [0.15, 0.2) is 0 Å². The molecular formula is C37H50N6O3. The molecule has 0 bridgehead atoms. The zero-order valence-corrected chi connectivity index (χ0v) is 25.7. The van der Waals surface area contributed by atoms with E-state index < -0.39 is 0 Å². The van der Waals surface area contributed by atoms with Crippen molar-refractivity contribution in [3.63, 3.8) is 0 Å². The van der Waals surface area contributed by atoms with E-state index in [2.05, 4.69) is 24.9 Å². The highest BCUT2D eigenvalue weighted by atomic mass is 16.5. The molecule has 0 saturated heterocycles. The number of benzene rings is 3. The fraction of sp³-hybridized carbons (Fsp3) is 0.351. The third-order valence-corrected chi connectivity index (χ3v) is 6.33. The lowest BCUT2D eigenvalue weighted by Gasteiger charge is -2.20. The molecule has 0 aliphatic rings. The van der Waals surface area contributed by atoms with Crippen LogP contribution in [0.25, 0.3) is 32.7 Å². The largest absolute Gasteiger partial charge is 0.471 e. The van der Waals surface area contributed by atoms with Crippen molar-refractivity contribution in [3.8, 4) is 5.88 Å². The fourth-order valence-electron chi connectivity index (χ4n) is 4.18. The number of para-hydroxylation sites is 3. The lowest BCUT2D eigenvalue weighted by molar-refractivity contribution is 0.126. The number of aromatic amines is 1. The van der Waals surface area contributed by atoms with Crippen molar-refractivity contribution < 1.29 is 4.74 Å². The smallest absolute Gasteiger partial charge is 0.261 e. The van der Waals surface area contributed by atoms with Gasteiger partial charge in [-0.25, -0.2) is 19.9 Å². The van der Waals surface area contributed by atoms with Crippen LogP contribution in [-0.2, 0) is 0 Å². The summed E-state index contributed by atoms with van der Waals surface area (Å²) in [6.07, 6.45) is 3.14. The van der Waals surface area contributed by atoms with Gasteiger partial charge in [-0.2, -0.15) is 0 Å². The summed E-state index contributed by atoms with van der Waals surface area (Å²) in [6, 6.07) is 22.8. The molecule has 3 aromatic heterocycles. The van der Waals surface area contributed by atoms with Crippen molar-refractivity contribution in [1.29, 1.82) is 0 Å². The molecule has 6 rings (SSSR count). The minimum absolute atomic E-state index is 0. The van der Waals surface area contributed by atoms with E-state index in [4.69, 9.17) is 4.74 Å². The molecule has 0 radical (unpaired) electrons. The molecule has 1 N–H and O–H groups in total. The van der Waals surface area contributed by atoms with Crippen molar-refractivity contribution in [2.45, 2.75) is 88.3 Å². The first-order valence-corrected chi connectivity index (χ1v) is 14.3. The number of rotatable bonds is 3. The Kier molecular flexibility index (Phi) is 14.4. The SMILES string of the molecule is C.C.C.CC(C)(C)Oc1ncnc2ccccc12.CC(C)c1nc2ccccc2c(=O)[nH]1.CC(C)n1cnc2ccccc2c1=O. The summed E-state index contributed by atoms with van der Waals surface area (Å²) in [4.78, 5) is 43.2. The van der Waals surface area contributed by atoms with E-state index in [0.717, 1.165) is 27.8 Å². The maximum absolute atomic E-state index is 11.9. The van der Waals surface area contributed by atoms with Gasteiger partial charge in [-0.3, -0.25) is 14.2 Å². The van der Waals surface area contributed by atoms with Crippen molar-refractivity contribution >= 4 is 32.7 Å². The van der Waals surface area contributed by atoms with Gasteiger partial charge in [0.25, 0.3) is 11.1 Å². The van der Waals surface area contributed by atoms with Crippen molar-refractivity contribution in [2.75, 3.05) is 0 Å². The quantitative estimate of drug-likeness (QED) is 0.209. The van der Waals surface area contributed by atoms with Crippen molar-refractivity contribution in [2.24, 2.45) is 0 Å². The zero-order chi connectivity index (χ0) is 31.1. The van der Waals surface area contributed by atoms with Gasteiger partial charge >= 0.3 is 0 Å². The average molecular weight is 627 g/mol. The van der Waals surface area contributed by atoms with E-state index in [1.807, 2.05) is 115 Å². The number of hydrogen-bond acceptors (Lipinski definition) is 7. The van der Waals surface area contributed by atoms with Crippen LogP contribution >= 0.6 is 0 Å². The maximum atomic E-state index is 11.9. The molecule has 0 fully saturated rings. The van der Waals surface area contributed by atoms with Crippen LogP contribution in [-0.4, -0.2) is 35.1 Å². The van der Waals surface area contributed by atoms with E-state index in [1.165, 1.54) is 6.33 Å². The first kappa shape index (κ1) is 39.1. The zero-order valence-electron chi connectivity index (χ0n) is 25.7. The van der Waals surface area contributed by atoms with Gasteiger partial charge in [0, 0.05) is 12.0 Å². The minimum Gasteiger partial charge on any atom is -0.471 e. The Morgan fingerprint density at radius 2 is 1.22 bits per heavy atom. The van der Waals surface area contributed by atoms with E-state index >= 15 is 0 Å². The summed E-state index contributed by atoms with van der Waals surface area (Å²) in [6.45, 7) is 14.0. The molecule has 46 heavy (non-hydrogen) atoms. The van der Waals surface area contributed by atoms with Gasteiger partial charge in [0.2, 0.25) is 5.88 Å². The molecule has 246 valence electrons. The number of hydrogen-bond donors (Lipinski definition) is 1. The van der Waals surface area contributed by atoms with Gasteiger partial charge < -0.3 is 9.72 Å². The average Bonchev–Trinajstić information content (AvgIpc) is 2.97. The van der Waals surface area contributed by atoms with Gasteiger partial charge in [-0.15, -0.1) is 0 Å². The third kappa shape index (κ3) is 9.79. The monoisotopic (exact) mass is 626 g/mol. The number of nitrogens with zero attached hydrogens (tertiary/aromatic N) is 5. The molecule has 6 aromatic rings. The van der Waals surface area contributed by atoms with E-state index in [0.29, 0.717) is 16.7 Å². The Bertz CT molecular complexity index is 1950. The van der Waals surface area contributed by atoms with Crippen LogP contribution in [0.4, 0.5) is 0 Å². The molecule has 3 aromatic carbocycles. The van der Waals surface area contributed by atoms with E-state index in [1.54, 1.807) is 17.0 Å². The number of aromatic nitrogens is 6. The van der Waals surface area contributed by atoms with Crippen LogP contribution in [0.5, 0.6) is 5.88 Å². The Labute approximate surface area is 272 Å². The summed E-state index contributed by atoms with van der Waals surface area (Å²) < 4.78 is 7.41. The second kappa shape index (κ2) is 17.0. The van der Waals surface area contributed by atoms with Crippen molar-refractivity contribution in [1.82, 2.24) is 29.5 Å². The molecule has 0 unspecified atom stereocenters. The van der Waals surface area contributed by atoms with Crippen LogP contribution < -0.4 is 15.9 Å². The predicted molar refractivity (Wildman–Crippen MR) is 193 cm³/mol. The lowest BCUT2D eigenvalue weighted by Crippen LogP contribution is -2.23. The predicted octanol–water partition coefficient (Wildman–Crippen LogP) is 8.74. The molecule has 0 saturated carbocycles. The van der Waals surface area contributed by atoms with Crippen LogP contribution in [0.1, 0.15) is 88.5 Å². The standard InChI is InChI=1S/C12H14N2O.2C11H12N2O.3CH4/c1-12(2,3)15-11-9-6-4-5-7-10(9)13-8-14-11;1-8(2)13-7-12-10-6-4-3-5-9(10)11(13)14;1-7(2)10-12-9-6-4-3-5-8(9)11(14)13-10;;;/h4-8H,1-3H3;3-8H,1-2H3;3-7H,1-2H3,(H,12,13,14);3*1H4. The molecule has 9 nitrogen and oxygen atoms in total. The maximum Gasteiger partial charge on any atom is 0.261 e. The topological polar surface area (TPSA) is 116 Å². The van der Waals surface area contributed by atoms with Gasteiger partial charge in [-0.1, -0.05) is 72.5 Å². The van der Waals surface area contributed by atoms with Crippen LogP contribution in [0.15, 0.2) is 95.0 Å². The summed E-state index contributed by atoms with van der Waals surface area (Å²) in [5.41, 5.74) is 2.17. The second-order valence-corrected chi connectivity index (χ2v) is 11.6. The molecule has 3 heterocycles. The highest BCUT2D eigenvalue weighted by molar-refractivity contribution is 5.83. The van der Waals surface area contributed by atoms with E-state index in [9.17, 15) is 9.59 Å². The lowest BCUT2D eigenvalue weighted by atomic mass is 10.2. The third-order valence-electron chi connectivity index (χ3n) is 6.33. The number of nitrogens with one attached hydrogen (secondary N) is 1. The van der Waals surface area contributed by atoms with Crippen LogP contribution in [0.2, 0.25) is 0 Å². The highest BCUT2D eigenvalue weighted by Crippen LogP contribution is 2.24. The Morgan fingerprint density at radius 3 is 1.78 bits per heavy atom. The van der Waals surface area contributed by atoms with Gasteiger partial charge in [0.05, 0.1) is 39.0 Å². The molecule has 0 spiro atoms. The Hall–Kier alpha value is -4.92. The van der Waals surface area contributed by atoms with Crippen LogP contribution in [0.3, 0.4) is 0 Å². The number of fused-ring (bicyclic) bond motifs is 3. The minimum atomic E-state index is -0.239. The summed E-state index contributed by atoms with van der Waals surface area (Å²) in [5, 5.41) is 2.29. The first-order valence-electron chi connectivity index (χ1n) is 14.3. The fourth-order valence-corrected chi connectivity index (χ4v) is 4.18. The van der Waals surface area contributed by atoms with E-state index in [-0.39, 0.29) is 51.0 Å². The number of H-pyrrole nitrogens is 1. The molecule has 0 amide bonds. The van der Waals surface area contributed by atoms with Crippen molar-refractivity contribution in [3.05, 3.63) is 112 Å². The van der Waals surface area contributed by atoms with Crippen LogP contribution in [0, 0.1) is 0 Å². The molecule has 0 aliphatic heterocycles. The Morgan fingerprint density at radius 1 is 0.696 bits per heavy atom. The number of ether oxygens (including phenoxy) is 1. The first-order chi connectivity index (χ1) is 20.4. The van der Waals surface area contributed by atoms with Gasteiger partial charge in [-0.05, 0) is 71.0 Å². The molecule has 0 aliphatic carbocycles. The summed E-state index contributed by atoms with van der Waals surface area (Å²) in [7, 11) is 0. The molecule has 0 atom stereocenters. The highest BCUT2D eigenvalue weighted by Gasteiger charge is 2.15. The summed E-state index contributed by atoms with van der Waals surface area (Å²) >= 11 is 0.